The van der Waals surface area contributed by atoms with Gasteiger partial charge in [-0.3, -0.25) is 9.59 Å². The third-order valence-corrected chi connectivity index (χ3v) is 1.87. The lowest BCUT2D eigenvalue weighted by Gasteiger charge is -2.13. The van der Waals surface area contributed by atoms with Gasteiger partial charge in [0, 0.05) is 6.42 Å². The molecular formula is C9H10N4O5. The number of Topliss-reactive ketones (excluding diaryl/α,β-unsaturated/α-hetero) is 1. The van der Waals surface area contributed by atoms with E-state index in [1.54, 1.807) is 0 Å². The van der Waals surface area contributed by atoms with Crippen LogP contribution in [0, 0.1) is 11.3 Å². The molecule has 0 saturated carbocycles. The number of hydrogen-bond donors (Lipinski definition) is 3. The van der Waals surface area contributed by atoms with Gasteiger partial charge in [0.25, 0.3) is 5.91 Å². The molecule has 0 aliphatic heterocycles. The van der Waals surface area contributed by atoms with Gasteiger partial charge in [0.1, 0.15) is 12.1 Å². The highest BCUT2D eigenvalue weighted by Gasteiger charge is 2.24. The highest BCUT2D eigenvalue weighted by atomic mass is 16.4. The van der Waals surface area contributed by atoms with Crippen LogP contribution in [0.25, 0.3) is 5.53 Å². The predicted octanol–water partition coefficient (Wildman–Crippen LogP) is -1.91. The molecule has 3 N–H and O–H groups in total. The molecule has 0 radical (unpaired) electrons. The van der Waals surface area contributed by atoms with E-state index < -0.39 is 29.8 Å². The van der Waals surface area contributed by atoms with E-state index in [1.165, 1.54) is 6.07 Å². The van der Waals surface area contributed by atoms with Gasteiger partial charge in [0.05, 0.1) is 0 Å². The minimum Gasteiger partial charge on any atom is -0.480 e. The van der Waals surface area contributed by atoms with Crippen molar-refractivity contribution < 1.29 is 29.4 Å². The summed E-state index contributed by atoms with van der Waals surface area (Å²) in [5.41, 5.74) is 8.05. The van der Waals surface area contributed by atoms with Gasteiger partial charge in [-0.15, -0.1) is 0 Å². The lowest BCUT2D eigenvalue weighted by Crippen LogP contribution is -2.45. The summed E-state index contributed by atoms with van der Waals surface area (Å²) in [6, 6.07) is -0.196. The highest BCUT2D eigenvalue weighted by molar-refractivity contribution is 6.25. The molecule has 0 unspecified atom stereocenters. The number of amides is 1. The van der Waals surface area contributed by atoms with Crippen molar-refractivity contribution in [2.75, 3.05) is 0 Å². The van der Waals surface area contributed by atoms with E-state index in [9.17, 15) is 14.4 Å². The molecule has 0 aromatic heterocycles. The van der Waals surface area contributed by atoms with Crippen molar-refractivity contribution in [2.45, 2.75) is 25.0 Å². The van der Waals surface area contributed by atoms with Gasteiger partial charge in [-0.2, -0.15) is 10.1 Å². The van der Waals surface area contributed by atoms with Crippen LogP contribution in [0.2, 0.25) is 0 Å². The van der Waals surface area contributed by atoms with Gasteiger partial charge in [-0.25, -0.2) is 4.79 Å². The number of rotatable bonds is 7. The Kier molecular flexibility index (Phi) is 6.58. The zero-order valence-corrected chi connectivity index (χ0v) is 9.11. The fraction of sp³-hybridized carbons (Fsp3) is 0.444. The summed E-state index contributed by atoms with van der Waals surface area (Å²) in [5, 5.41) is 27.7. The number of carboxylic acid groups (broad SMARTS) is 1. The first-order valence-electron chi connectivity index (χ1n) is 4.73. The van der Waals surface area contributed by atoms with Crippen molar-refractivity contribution in [3.05, 3.63) is 5.53 Å². The van der Waals surface area contributed by atoms with E-state index in [-0.39, 0.29) is 12.8 Å². The Morgan fingerprint density at radius 1 is 1.50 bits per heavy atom. The highest BCUT2D eigenvalue weighted by Crippen LogP contribution is 1.99. The second-order valence-corrected chi connectivity index (χ2v) is 3.18. The molecule has 0 saturated heterocycles. The zero-order valence-electron chi connectivity index (χ0n) is 9.11. The van der Waals surface area contributed by atoms with Gasteiger partial charge >= 0.3 is 12.2 Å². The van der Waals surface area contributed by atoms with Crippen LogP contribution in [-0.4, -0.2) is 51.0 Å². The maximum absolute atomic E-state index is 11.1. The van der Waals surface area contributed by atoms with Gasteiger partial charge in [0.2, 0.25) is 11.9 Å². The number of carbonyl (C=O) groups is 3. The van der Waals surface area contributed by atoms with Crippen LogP contribution in [-0.2, 0) is 14.4 Å². The average molecular weight is 254 g/mol. The monoisotopic (exact) mass is 254 g/mol. The van der Waals surface area contributed by atoms with Gasteiger partial charge in [-0.1, -0.05) is 0 Å². The lowest BCUT2D eigenvalue weighted by atomic mass is 10.1. The molecule has 0 spiro atoms. The molecule has 0 heterocycles. The Morgan fingerprint density at radius 2 is 2.11 bits per heavy atom. The van der Waals surface area contributed by atoms with Crippen molar-refractivity contribution in [3.8, 4) is 6.07 Å². The van der Waals surface area contributed by atoms with Crippen LogP contribution in [0.3, 0.4) is 0 Å². The Labute approximate surface area is 101 Å². The Balaban J connectivity index is 4.46. The zero-order chi connectivity index (χ0) is 14.1. The molecule has 0 bridgehead atoms. The van der Waals surface area contributed by atoms with E-state index in [1.807, 2.05) is 5.32 Å². The average Bonchev–Trinajstić information content (AvgIpc) is 2.32. The number of aliphatic hydroxyl groups excluding tert-OH is 1. The standard InChI is InChI=1S/C9H10N4O5/c10-3-7(15)8(16)13-6(9(17)18)2-1-5(14)4-12-11/h4,6-7,15H,1-2H2,(H,13,16)(H,17,18)/t6-,7+/m0/s1. The quantitative estimate of drug-likeness (QED) is 0.207. The van der Waals surface area contributed by atoms with Gasteiger partial charge in [-0.05, 0) is 6.42 Å². The summed E-state index contributed by atoms with van der Waals surface area (Å²) < 4.78 is 0. The van der Waals surface area contributed by atoms with Crippen LogP contribution in [0.5, 0.6) is 0 Å². The number of carboxylic acids is 1. The van der Waals surface area contributed by atoms with Crippen LogP contribution in [0.4, 0.5) is 0 Å². The first-order chi connectivity index (χ1) is 8.42. The molecule has 0 aliphatic rings. The summed E-state index contributed by atoms with van der Waals surface area (Å²) in [6.45, 7) is 0. The van der Waals surface area contributed by atoms with Crippen molar-refractivity contribution in [1.29, 1.82) is 5.26 Å². The van der Waals surface area contributed by atoms with E-state index in [4.69, 9.17) is 21.0 Å². The summed E-state index contributed by atoms with van der Waals surface area (Å²) in [5.74, 6) is -3.20. The summed E-state index contributed by atoms with van der Waals surface area (Å²) in [6.07, 6.45) is -1.90. The number of carbonyl (C=O) groups excluding carboxylic acids is 2. The van der Waals surface area contributed by atoms with Crippen molar-refractivity contribution in [3.63, 3.8) is 0 Å². The number of aliphatic carboxylic acids is 1. The number of hydrogen-bond acceptors (Lipinski definition) is 5. The van der Waals surface area contributed by atoms with Gasteiger partial charge in [0.15, 0.2) is 0 Å². The molecule has 0 fully saturated rings. The summed E-state index contributed by atoms with van der Waals surface area (Å²) in [4.78, 5) is 35.2. The largest absolute Gasteiger partial charge is 0.480 e. The number of nitrogens with one attached hydrogen (secondary N) is 1. The van der Waals surface area contributed by atoms with E-state index >= 15 is 0 Å². The molecule has 1 amide bonds. The molecule has 2 atom stereocenters. The smallest absolute Gasteiger partial charge is 0.326 e. The van der Waals surface area contributed by atoms with E-state index in [0.29, 0.717) is 6.21 Å². The van der Waals surface area contributed by atoms with E-state index in [2.05, 4.69) is 4.79 Å². The Hall–Kier alpha value is -2.56. The maximum Gasteiger partial charge on any atom is 0.326 e. The first-order valence-corrected chi connectivity index (χ1v) is 4.73. The van der Waals surface area contributed by atoms with Crippen molar-refractivity contribution >= 4 is 23.9 Å². The second kappa shape index (κ2) is 7.67. The number of ketones is 1. The molecule has 96 valence electrons. The van der Waals surface area contributed by atoms with Crippen molar-refractivity contribution in [2.24, 2.45) is 0 Å². The summed E-state index contributed by atoms with van der Waals surface area (Å²) in [7, 11) is 0. The van der Waals surface area contributed by atoms with E-state index in [0.717, 1.165) is 0 Å². The maximum atomic E-state index is 11.1. The van der Waals surface area contributed by atoms with Crippen LogP contribution >= 0.6 is 0 Å². The number of nitriles is 1. The van der Waals surface area contributed by atoms with Crippen LogP contribution < -0.4 is 5.32 Å². The Morgan fingerprint density at radius 3 is 2.56 bits per heavy atom. The molecule has 0 aromatic rings. The topological polar surface area (TPSA) is 164 Å². The van der Waals surface area contributed by atoms with Crippen LogP contribution in [0.15, 0.2) is 0 Å². The lowest BCUT2D eigenvalue weighted by molar-refractivity contribution is -0.143. The SMILES string of the molecule is N#C[C@@H](O)C(=O)N[C@@H](CCC(=O)C=[N+]=[N-])C(=O)O. The van der Waals surface area contributed by atoms with Crippen molar-refractivity contribution in [1.82, 2.24) is 5.32 Å². The minimum atomic E-state index is -1.97. The second-order valence-electron chi connectivity index (χ2n) is 3.18. The number of nitrogens with zero attached hydrogens (tertiary/aromatic N) is 3. The fourth-order valence-corrected chi connectivity index (χ4v) is 0.982. The Bertz CT molecular complexity index is 435. The van der Waals surface area contributed by atoms with Gasteiger partial charge < -0.3 is 21.1 Å². The minimum absolute atomic E-state index is 0.260. The summed E-state index contributed by atoms with van der Waals surface area (Å²) >= 11 is 0. The third kappa shape index (κ3) is 5.50. The predicted molar refractivity (Wildman–Crippen MR) is 55.1 cm³/mol. The fourth-order valence-electron chi connectivity index (χ4n) is 0.982. The molecule has 0 aliphatic carbocycles. The molecule has 0 rings (SSSR count). The first kappa shape index (κ1) is 15.4. The molecule has 0 aromatic carbocycles. The molecule has 9 heteroatoms. The molecular weight excluding hydrogens is 244 g/mol. The molecule has 18 heavy (non-hydrogen) atoms. The normalized spacial score (nSPS) is 12.4. The number of aliphatic hydroxyl groups is 1. The third-order valence-electron chi connectivity index (χ3n) is 1.87. The van der Waals surface area contributed by atoms with Crippen LogP contribution in [0.1, 0.15) is 12.8 Å². The molecule has 9 nitrogen and oxygen atoms in total.